The van der Waals surface area contributed by atoms with Crippen molar-refractivity contribution in [3.05, 3.63) is 29.3 Å². The van der Waals surface area contributed by atoms with Crippen LogP contribution >= 0.6 is 11.6 Å². The molecule has 0 spiro atoms. The number of ether oxygens (including phenoxy) is 2. The molecule has 0 aliphatic carbocycles. The number of anilines is 1. The molecule has 20 heavy (non-hydrogen) atoms. The van der Waals surface area contributed by atoms with Crippen molar-refractivity contribution in [3.63, 3.8) is 0 Å². The highest BCUT2D eigenvalue weighted by Gasteiger charge is 2.10. The average molecular weight is 302 g/mol. The van der Waals surface area contributed by atoms with Crippen molar-refractivity contribution in [2.75, 3.05) is 44.9 Å². The Morgan fingerprint density at radius 1 is 1.35 bits per heavy atom. The second-order valence-electron chi connectivity index (χ2n) is 4.25. The van der Waals surface area contributed by atoms with Gasteiger partial charge in [0.2, 0.25) is 0 Å². The minimum Gasteiger partial charge on any atom is -0.480 e. The minimum atomic E-state index is -0.870. The summed E-state index contributed by atoms with van der Waals surface area (Å²) in [7, 11) is 1.62. The van der Waals surface area contributed by atoms with Crippen LogP contribution in [-0.2, 0) is 14.3 Å². The van der Waals surface area contributed by atoms with E-state index < -0.39 is 5.97 Å². The van der Waals surface area contributed by atoms with Crippen molar-refractivity contribution in [3.8, 4) is 0 Å². The highest BCUT2D eigenvalue weighted by Crippen LogP contribution is 2.19. The molecule has 1 aromatic rings. The molecule has 1 N–H and O–H groups in total. The first kappa shape index (κ1) is 16.8. The lowest BCUT2D eigenvalue weighted by molar-refractivity contribution is -0.135. The van der Waals surface area contributed by atoms with Gasteiger partial charge in [-0.05, 0) is 24.6 Å². The van der Waals surface area contributed by atoms with E-state index in [9.17, 15) is 4.79 Å². The predicted molar refractivity (Wildman–Crippen MR) is 78.6 cm³/mol. The lowest BCUT2D eigenvalue weighted by atomic mass is 10.2. The van der Waals surface area contributed by atoms with Gasteiger partial charge in [0.1, 0.15) is 6.54 Å². The quantitative estimate of drug-likeness (QED) is 0.672. The molecular weight excluding hydrogens is 282 g/mol. The SMILES string of the molecule is COCCOCCCN(CC(=O)O)c1cccc(Cl)c1. The van der Waals surface area contributed by atoms with Gasteiger partial charge >= 0.3 is 5.97 Å². The van der Waals surface area contributed by atoms with Gasteiger partial charge in [-0.2, -0.15) is 0 Å². The molecule has 0 saturated heterocycles. The van der Waals surface area contributed by atoms with Gasteiger partial charge in [0.25, 0.3) is 0 Å². The molecule has 0 fully saturated rings. The van der Waals surface area contributed by atoms with Crippen LogP contribution in [-0.4, -0.2) is 51.1 Å². The van der Waals surface area contributed by atoms with Crippen molar-refractivity contribution in [2.24, 2.45) is 0 Å². The molecule has 0 saturated carbocycles. The molecule has 6 heteroatoms. The molecule has 5 nitrogen and oxygen atoms in total. The van der Waals surface area contributed by atoms with Crippen LogP contribution in [0.4, 0.5) is 5.69 Å². The third-order valence-corrected chi connectivity index (χ3v) is 2.88. The van der Waals surface area contributed by atoms with Gasteiger partial charge < -0.3 is 19.5 Å². The van der Waals surface area contributed by atoms with Crippen LogP contribution in [0, 0.1) is 0 Å². The van der Waals surface area contributed by atoms with Gasteiger partial charge in [-0.3, -0.25) is 4.79 Å². The maximum Gasteiger partial charge on any atom is 0.323 e. The van der Waals surface area contributed by atoms with Gasteiger partial charge in [0.15, 0.2) is 0 Å². The second kappa shape index (κ2) is 9.58. The van der Waals surface area contributed by atoms with E-state index in [1.807, 2.05) is 12.1 Å². The van der Waals surface area contributed by atoms with Crippen molar-refractivity contribution < 1.29 is 19.4 Å². The van der Waals surface area contributed by atoms with E-state index in [2.05, 4.69) is 0 Å². The Bertz CT molecular complexity index is 414. The monoisotopic (exact) mass is 301 g/mol. The van der Waals surface area contributed by atoms with Crippen LogP contribution in [0.2, 0.25) is 5.02 Å². The van der Waals surface area contributed by atoms with Crippen LogP contribution in [0.5, 0.6) is 0 Å². The molecule has 0 aliphatic heterocycles. The van der Waals surface area contributed by atoms with Crippen molar-refractivity contribution in [1.82, 2.24) is 0 Å². The highest BCUT2D eigenvalue weighted by atomic mass is 35.5. The van der Waals surface area contributed by atoms with Crippen molar-refractivity contribution >= 4 is 23.3 Å². The van der Waals surface area contributed by atoms with Gasteiger partial charge in [-0.25, -0.2) is 0 Å². The summed E-state index contributed by atoms with van der Waals surface area (Å²) < 4.78 is 10.2. The predicted octanol–water partition coefficient (Wildman–Crippen LogP) is 2.28. The number of aliphatic carboxylic acids is 1. The fourth-order valence-electron chi connectivity index (χ4n) is 1.74. The summed E-state index contributed by atoms with van der Waals surface area (Å²) in [6, 6.07) is 7.18. The van der Waals surface area contributed by atoms with Gasteiger partial charge in [0.05, 0.1) is 13.2 Å². The lowest BCUT2D eigenvalue weighted by Crippen LogP contribution is -2.31. The molecule has 0 radical (unpaired) electrons. The van der Waals surface area contributed by atoms with Gasteiger partial charge in [-0.15, -0.1) is 0 Å². The number of carboxylic acids is 1. The average Bonchev–Trinajstić information content (AvgIpc) is 2.41. The Morgan fingerprint density at radius 2 is 2.15 bits per heavy atom. The molecule has 0 aromatic heterocycles. The number of hydrogen-bond donors (Lipinski definition) is 1. The third kappa shape index (κ3) is 6.75. The molecule has 0 heterocycles. The Hall–Kier alpha value is -1.30. The number of carboxylic acid groups (broad SMARTS) is 1. The Kier molecular flexibility index (Phi) is 8.02. The third-order valence-electron chi connectivity index (χ3n) is 2.65. The molecule has 1 rings (SSSR count). The van der Waals surface area contributed by atoms with E-state index in [1.165, 1.54) is 0 Å². The molecule has 0 atom stereocenters. The molecule has 112 valence electrons. The first-order chi connectivity index (χ1) is 9.63. The fraction of sp³-hybridized carbons (Fsp3) is 0.500. The fourth-order valence-corrected chi connectivity index (χ4v) is 1.92. The maximum atomic E-state index is 10.9. The van der Waals surface area contributed by atoms with E-state index in [4.69, 9.17) is 26.2 Å². The van der Waals surface area contributed by atoms with Crippen LogP contribution in [0.3, 0.4) is 0 Å². The Morgan fingerprint density at radius 3 is 2.80 bits per heavy atom. The molecule has 0 aliphatic rings. The Labute approximate surface area is 124 Å². The van der Waals surface area contributed by atoms with Crippen molar-refractivity contribution in [1.29, 1.82) is 0 Å². The molecule has 1 aromatic carbocycles. The van der Waals surface area contributed by atoms with Gasteiger partial charge in [-0.1, -0.05) is 17.7 Å². The number of nitrogens with zero attached hydrogens (tertiary/aromatic N) is 1. The second-order valence-corrected chi connectivity index (χ2v) is 4.69. The zero-order valence-electron chi connectivity index (χ0n) is 11.5. The Balaban J connectivity index is 2.46. The number of rotatable bonds is 10. The molecule has 0 bridgehead atoms. The lowest BCUT2D eigenvalue weighted by Gasteiger charge is -2.23. The number of halogens is 1. The maximum absolute atomic E-state index is 10.9. The summed E-state index contributed by atoms with van der Waals surface area (Å²) in [4.78, 5) is 12.7. The summed E-state index contributed by atoms with van der Waals surface area (Å²) in [5, 5.41) is 9.56. The minimum absolute atomic E-state index is 0.0571. The van der Waals surface area contributed by atoms with E-state index >= 15 is 0 Å². The van der Waals surface area contributed by atoms with E-state index in [1.54, 1.807) is 24.1 Å². The smallest absolute Gasteiger partial charge is 0.323 e. The topological polar surface area (TPSA) is 59.0 Å². The van der Waals surface area contributed by atoms with Gasteiger partial charge in [0, 0.05) is 31.0 Å². The van der Waals surface area contributed by atoms with Crippen LogP contribution in [0.15, 0.2) is 24.3 Å². The summed E-state index contributed by atoms with van der Waals surface area (Å²) >= 11 is 5.93. The summed E-state index contributed by atoms with van der Waals surface area (Å²) in [5.41, 5.74) is 0.803. The summed E-state index contributed by atoms with van der Waals surface area (Å²) in [6.07, 6.45) is 0.740. The normalized spacial score (nSPS) is 10.5. The highest BCUT2D eigenvalue weighted by molar-refractivity contribution is 6.30. The van der Waals surface area contributed by atoms with Crippen molar-refractivity contribution in [2.45, 2.75) is 6.42 Å². The first-order valence-corrected chi connectivity index (χ1v) is 6.80. The summed E-state index contributed by atoms with van der Waals surface area (Å²) in [5.74, 6) is -0.870. The first-order valence-electron chi connectivity index (χ1n) is 6.42. The number of hydrogen-bond acceptors (Lipinski definition) is 4. The number of benzene rings is 1. The molecule has 0 unspecified atom stereocenters. The molecular formula is C14H20ClNO4. The van der Waals surface area contributed by atoms with E-state index in [-0.39, 0.29) is 6.54 Å². The van der Waals surface area contributed by atoms with Crippen LogP contribution < -0.4 is 4.90 Å². The number of carbonyl (C=O) groups is 1. The van der Waals surface area contributed by atoms with Crippen LogP contribution in [0.25, 0.3) is 0 Å². The largest absolute Gasteiger partial charge is 0.480 e. The standard InChI is InChI=1S/C14H20ClNO4/c1-19-8-9-20-7-3-6-16(11-14(17)18)13-5-2-4-12(15)10-13/h2,4-5,10H,3,6-9,11H2,1H3,(H,17,18). The van der Waals surface area contributed by atoms with Crippen LogP contribution in [0.1, 0.15) is 6.42 Å². The van der Waals surface area contributed by atoms with E-state index in [0.29, 0.717) is 31.4 Å². The zero-order chi connectivity index (χ0) is 14.8. The van der Waals surface area contributed by atoms with E-state index in [0.717, 1.165) is 12.1 Å². The molecule has 0 amide bonds. The summed E-state index contributed by atoms with van der Waals surface area (Å²) in [6.45, 7) is 2.22. The number of methoxy groups -OCH3 is 1. The zero-order valence-corrected chi connectivity index (χ0v) is 12.3.